The number of carbonyl (C=O) groups is 2. The van der Waals surface area contributed by atoms with E-state index in [2.05, 4.69) is 34.7 Å². The highest BCUT2D eigenvalue weighted by molar-refractivity contribution is 8.12. The van der Waals surface area contributed by atoms with E-state index in [-0.39, 0.29) is 5.12 Å². The second-order valence-electron chi connectivity index (χ2n) is 2.64. The van der Waals surface area contributed by atoms with Gasteiger partial charge in [-0.1, -0.05) is 18.2 Å². The van der Waals surface area contributed by atoms with Crippen molar-refractivity contribution in [1.29, 1.82) is 0 Å². The third kappa shape index (κ3) is 3.95. The lowest BCUT2D eigenvalue weighted by Crippen LogP contribution is -2.23. The molecule has 0 radical (unpaired) electrons. The third-order valence-electron chi connectivity index (χ3n) is 1.41. The van der Waals surface area contributed by atoms with E-state index in [9.17, 15) is 9.59 Å². The Morgan fingerprint density at radius 2 is 1.93 bits per heavy atom. The Kier molecular flexibility index (Phi) is 3.53. The first-order valence-electron chi connectivity index (χ1n) is 3.93. The van der Waals surface area contributed by atoms with Crippen molar-refractivity contribution in [2.24, 2.45) is 5.73 Å². The Balaban J connectivity index is 0.000000143. The highest BCUT2D eigenvalue weighted by atomic mass is 32.2. The number of urea groups is 1. The average molecular weight is 210 g/mol. The van der Waals surface area contributed by atoms with Crippen molar-refractivity contribution < 1.29 is 9.59 Å². The van der Waals surface area contributed by atoms with Crippen molar-refractivity contribution in [2.45, 2.75) is 6.92 Å². The van der Waals surface area contributed by atoms with Crippen molar-refractivity contribution in [1.82, 2.24) is 4.72 Å². The monoisotopic (exact) mass is 210 g/mol. The molecular weight excluding hydrogens is 200 g/mol. The largest absolute Gasteiger partial charge is 0.351 e. The van der Waals surface area contributed by atoms with Crippen molar-refractivity contribution in [3.8, 4) is 11.1 Å². The fourth-order valence-electron chi connectivity index (χ4n) is 0.798. The summed E-state index contributed by atoms with van der Waals surface area (Å²) in [5, 5.41) is -0.191. The maximum absolute atomic E-state index is 10.0. The van der Waals surface area contributed by atoms with E-state index in [1.165, 1.54) is 18.1 Å². The molecule has 0 saturated heterocycles. The van der Waals surface area contributed by atoms with Crippen LogP contribution < -0.4 is 10.5 Å². The molecule has 0 heterocycles. The zero-order valence-corrected chi connectivity index (χ0v) is 8.43. The summed E-state index contributed by atoms with van der Waals surface area (Å²) in [5.74, 6) is 0. The van der Waals surface area contributed by atoms with Gasteiger partial charge >= 0.3 is 6.03 Å². The quantitative estimate of drug-likeness (QED) is 0.647. The molecule has 0 saturated carbocycles. The summed E-state index contributed by atoms with van der Waals surface area (Å²) >= 11 is 0.676. The summed E-state index contributed by atoms with van der Waals surface area (Å²) in [4.78, 5) is 19.9. The zero-order valence-electron chi connectivity index (χ0n) is 7.61. The van der Waals surface area contributed by atoms with Gasteiger partial charge in [-0.25, -0.2) is 4.79 Å². The van der Waals surface area contributed by atoms with Gasteiger partial charge in [-0.05, 0) is 17.2 Å². The van der Waals surface area contributed by atoms with Gasteiger partial charge in [0.15, 0.2) is 0 Å². The van der Waals surface area contributed by atoms with Crippen LogP contribution in [-0.2, 0) is 4.79 Å². The second-order valence-corrected chi connectivity index (χ2v) is 3.62. The minimum atomic E-state index is -0.704. The van der Waals surface area contributed by atoms with E-state index >= 15 is 0 Å². The van der Waals surface area contributed by atoms with E-state index in [4.69, 9.17) is 0 Å². The normalized spacial score (nSPS) is 9.50. The molecule has 0 spiro atoms. The highest BCUT2D eigenvalue weighted by Crippen LogP contribution is 2.32. The molecule has 0 aromatic carbocycles. The van der Waals surface area contributed by atoms with E-state index in [0.717, 1.165) is 0 Å². The maximum atomic E-state index is 10.0. The minimum Gasteiger partial charge on any atom is -0.351 e. The van der Waals surface area contributed by atoms with Gasteiger partial charge in [0, 0.05) is 18.9 Å². The van der Waals surface area contributed by atoms with Gasteiger partial charge in [0.25, 0.3) is 0 Å². The standard InChI is InChI=1S/C6H4.C3H6N2O2S/c1-2-5-4-6(5)3-1;1-2(6)8-5-3(4)7/h1-4H;1H3,(H3,4,5,7). The molecular formula is C9H10N2O2S. The van der Waals surface area contributed by atoms with Crippen LogP contribution in [0.25, 0.3) is 11.1 Å². The number of carbonyl (C=O) groups excluding carboxylic acids is 2. The molecule has 0 unspecified atom stereocenters. The Bertz CT molecular complexity index is 334. The van der Waals surface area contributed by atoms with Gasteiger partial charge in [0.05, 0.1) is 0 Å². The average Bonchev–Trinajstić information content (AvgIpc) is 2.72. The number of primary amides is 1. The molecule has 0 bridgehead atoms. The molecule has 2 aliphatic carbocycles. The zero-order chi connectivity index (χ0) is 10.6. The first kappa shape index (κ1) is 10.6. The van der Waals surface area contributed by atoms with E-state index in [0.29, 0.717) is 11.9 Å². The van der Waals surface area contributed by atoms with Gasteiger partial charge in [-0.2, -0.15) is 0 Å². The number of nitrogens with one attached hydrogen (secondary N) is 1. The summed E-state index contributed by atoms with van der Waals surface area (Å²) in [6.45, 7) is 1.33. The topological polar surface area (TPSA) is 72.2 Å². The number of hydrogen-bond acceptors (Lipinski definition) is 3. The van der Waals surface area contributed by atoms with Gasteiger partial charge in [0.2, 0.25) is 5.12 Å². The summed E-state index contributed by atoms with van der Waals surface area (Å²) in [5.41, 5.74) is 7.47. The summed E-state index contributed by atoms with van der Waals surface area (Å²) in [6.07, 6.45) is 0. The highest BCUT2D eigenvalue weighted by Gasteiger charge is 2.06. The van der Waals surface area contributed by atoms with Crippen LogP contribution in [-0.4, -0.2) is 11.1 Å². The number of nitrogens with two attached hydrogens (primary N) is 1. The lowest BCUT2D eigenvalue weighted by atomic mass is 10.6. The van der Waals surface area contributed by atoms with Crippen LogP contribution in [0, 0.1) is 0 Å². The molecule has 0 atom stereocenters. The van der Waals surface area contributed by atoms with Crippen LogP contribution >= 0.6 is 11.9 Å². The van der Waals surface area contributed by atoms with Gasteiger partial charge in [0.1, 0.15) is 0 Å². The number of fused-ring (bicyclic) bond motifs is 1. The Hall–Kier alpha value is -1.49. The minimum absolute atomic E-state index is 0.191. The number of amides is 2. The Morgan fingerprint density at radius 3 is 2.07 bits per heavy atom. The Morgan fingerprint density at radius 1 is 1.36 bits per heavy atom. The van der Waals surface area contributed by atoms with Crippen molar-refractivity contribution in [3.05, 3.63) is 24.3 Å². The van der Waals surface area contributed by atoms with Crippen LogP contribution in [0.4, 0.5) is 4.79 Å². The number of rotatable bonds is 0. The Labute approximate surface area is 86.0 Å². The lowest BCUT2D eigenvalue weighted by molar-refractivity contribution is -0.109. The molecule has 0 aliphatic heterocycles. The van der Waals surface area contributed by atoms with E-state index in [1.807, 2.05) is 0 Å². The first-order valence-corrected chi connectivity index (χ1v) is 4.74. The molecule has 4 nitrogen and oxygen atoms in total. The molecule has 2 aliphatic rings. The number of benzene rings is 1. The predicted molar refractivity (Wildman–Crippen MR) is 56.4 cm³/mol. The maximum Gasteiger partial charge on any atom is 0.322 e. The molecule has 0 fully saturated rings. The molecule has 2 rings (SSSR count). The molecule has 14 heavy (non-hydrogen) atoms. The summed E-state index contributed by atoms with van der Waals surface area (Å²) in [6, 6.07) is 7.78. The van der Waals surface area contributed by atoms with Crippen molar-refractivity contribution in [3.63, 3.8) is 0 Å². The summed E-state index contributed by atoms with van der Waals surface area (Å²) < 4.78 is 2.05. The van der Waals surface area contributed by atoms with Crippen LogP contribution in [0.2, 0.25) is 0 Å². The third-order valence-corrected chi connectivity index (χ3v) is 2.00. The molecule has 2 amide bonds. The molecule has 3 N–H and O–H groups in total. The molecule has 5 heteroatoms. The van der Waals surface area contributed by atoms with E-state index in [1.54, 1.807) is 0 Å². The lowest BCUT2D eigenvalue weighted by Gasteiger charge is -1.91. The fraction of sp³-hybridized carbons (Fsp3) is 0.111. The predicted octanol–water partition coefficient (Wildman–Crippen LogP) is 1.52. The van der Waals surface area contributed by atoms with Crippen LogP contribution in [0.15, 0.2) is 24.3 Å². The second kappa shape index (κ2) is 4.66. The van der Waals surface area contributed by atoms with Crippen molar-refractivity contribution >= 4 is 23.1 Å². The molecule has 0 aromatic heterocycles. The van der Waals surface area contributed by atoms with E-state index < -0.39 is 6.03 Å². The first-order chi connectivity index (χ1) is 6.59. The SMILES string of the molecule is CC(=O)SNC(N)=O.c1cc2cc-2c1. The fourth-order valence-corrected chi connectivity index (χ4v) is 1.04. The van der Waals surface area contributed by atoms with Gasteiger partial charge in [-0.15, -0.1) is 0 Å². The molecule has 74 valence electrons. The van der Waals surface area contributed by atoms with Crippen LogP contribution in [0.5, 0.6) is 0 Å². The van der Waals surface area contributed by atoms with Gasteiger partial charge in [-0.3, -0.25) is 9.52 Å². The summed E-state index contributed by atoms with van der Waals surface area (Å²) in [7, 11) is 0. The van der Waals surface area contributed by atoms with Gasteiger partial charge < -0.3 is 5.73 Å². The van der Waals surface area contributed by atoms with Crippen LogP contribution in [0.1, 0.15) is 6.92 Å². The van der Waals surface area contributed by atoms with Crippen molar-refractivity contribution in [2.75, 3.05) is 0 Å². The smallest absolute Gasteiger partial charge is 0.322 e. The molecule has 0 aromatic rings. The number of hydrogen-bond donors (Lipinski definition) is 2. The van der Waals surface area contributed by atoms with Crippen LogP contribution in [0.3, 0.4) is 0 Å².